The van der Waals surface area contributed by atoms with E-state index < -0.39 is 6.29 Å². The molecule has 0 aliphatic rings. The van der Waals surface area contributed by atoms with Crippen LogP contribution in [0.3, 0.4) is 0 Å². The molecule has 0 aliphatic heterocycles. The van der Waals surface area contributed by atoms with Gasteiger partial charge in [-0.25, -0.2) is 0 Å². The molecule has 0 spiro atoms. The van der Waals surface area contributed by atoms with E-state index in [2.05, 4.69) is 15.9 Å². The second-order valence-electron chi connectivity index (χ2n) is 3.78. The van der Waals surface area contributed by atoms with Crippen molar-refractivity contribution in [3.63, 3.8) is 0 Å². The summed E-state index contributed by atoms with van der Waals surface area (Å²) in [5.41, 5.74) is 2.31. The molecule has 4 nitrogen and oxygen atoms in total. The van der Waals surface area contributed by atoms with Crippen molar-refractivity contribution >= 4 is 21.7 Å². The van der Waals surface area contributed by atoms with Crippen LogP contribution in [0.1, 0.15) is 21.5 Å². The number of aryl methyl sites for hydroxylation is 2. The minimum absolute atomic E-state index is 0.0220. The highest BCUT2D eigenvalue weighted by atomic mass is 79.9. The number of carbonyl (C=O) groups is 1. The number of aliphatic hydroxyl groups excluding tert-OH is 1. The number of ketones is 1. The summed E-state index contributed by atoms with van der Waals surface area (Å²) in [6.45, 7) is 3.46. The number of Topliss-reactive ketones (excluding diaryl/α,β-unsaturated/α-hetero) is 1. The summed E-state index contributed by atoms with van der Waals surface area (Å²) in [6.07, 6.45) is -1.50. The quantitative estimate of drug-likeness (QED) is 0.492. The van der Waals surface area contributed by atoms with Crippen molar-refractivity contribution in [2.75, 3.05) is 11.9 Å². The molecular formula is C12H15BrO4. The van der Waals surface area contributed by atoms with Crippen LogP contribution in [0.4, 0.5) is 0 Å². The Morgan fingerprint density at radius 2 is 1.88 bits per heavy atom. The van der Waals surface area contributed by atoms with E-state index in [0.717, 1.165) is 11.1 Å². The average Bonchev–Trinajstić information content (AvgIpc) is 2.25. The molecule has 0 aliphatic carbocycles. The number of hydrogen-bond donors (Lipinski definition) is 2. The summed E-state index contributed by atoms with van der Waals surface area (Å²) in [5, 5.41) is 17.7. The monoisotopic (exact) mass is 302 g/mol. The maximum atomic E-state index is 11.7. The van der Waals surface area contributed by atoms with Crippen LogP contribution >= 0.6 is 15.9 Å². The highest BCUT2D eigenvalue weighted by molar-refractivity contribution is 9.09. The van der Waals surface area contributed by atoms with Crippen LogP contribution in [0.2, 0.25) is 0 Å². The maximum absolute atomic E-state index is 11.7. The third kappa shape index (κ3) is 3.80. The van der Waals surface area contributed by atoms with Crippen LogP contribution < -0.4 is 4.74 Å². The predicted octanol–water partition coefficient (Wildman–Crippen LogP) is 1.57. The van der Waals surface area contributed by atoms with Crippen LogP contribution in [-0.2, 0) is 0 Å². The van der Waals surface area contributed by atoms with Gasteiger partial charge in [0.05, 0.1) is 5.33 Å². The van der Waals surface area contributed by atoms with Crippen molar-refractivity contribution in [2.24, 2.45) is 0 Å². The molecule has 0 aromatic heterocycles. The zero-order valence-corrected chi connectivity index (χ0v) is 11.3. The Morgan fingerprint density at radius 3 is 2.29 bits per heavy atom. The molecule has 0 saturated carbocycles. The number of carbonyl (C=O) groups excluding carboxylic acids is 1. The van der Waals surface area contributed by atoms with Crippen molar-refractivity contribution in [2.45, 2.75) is 20.1 Å². The second-order valence-corrected chi connectivity index (χ2v) is 4.34. The van der Waals surface area contributed by atoms with Crippen LogP contribution in [0.25, 0.3) is 0 Å². The average molecular weight is 303 g/mol. The van der Waals surface area contributed by atoms with Crippen molar-refractivity contribution in [3.05, 3.63) is 28.8 Å². The molecule has 2 N–H and O–H groups in total. The van der Waals surface area contributed by atoms with E-state index in [1.165, 1.54) is 0 Å². The van der Waals surface area contributed by atoms with Gasteiger partial charge < -0.3 is 14.9 Å². The van der Waals surface area contributed by atoms with Gasteiger partial charge >= 0.3 is 0 Å². The number of rotatable bonds is 5. The highest BCUT2D eigenvalue weighted by Gasteiger charge is 2.13. The fourth-order valence-corrected chi connectivity index (χ4v) is 1.96. The molecule has 0 bridgehead atoms. The van der Waals surface area contributed by atoms with Gasteiger partial charge in [0.2, 0.25) is 0 Å². The first kappa shape index (κ1) is 14.2. The molecule has 0 unspecified atom stereocenters. The zero-order valence-electron chi connectivity index (χ0n) is 9.74. The molecule has 0 amide bonds. The molecule has 1 rings (SSSR count). The topological polar surface area (TPSA) is 66.8 Å². The normalized spacial score (nSPS) is 10.7. The van der Waals surface area contributed by atoms with Gasteiger partial charge in [-0.05, 0) is 37.1 Å². The van der Waals surface area contributed by atoms with Gasteiger partial charge in [-0.1, -0.05) is 15.9 Å². The van der Waals surface area contributed by atoms with E-state index in [1.807, 2.05) is 13.8 Å². The van der Waals surface area contributed by atoms with E-state index in [9.17, 15) is 4.79 Å². The smallest absolute Gasteiger partial charge is 0.186 e. The molecule has 1 aromatic carbocycles. The van der Waals surface area contributed by atoms with Gasteiger partial charge in [0.25, 0.3) is 0 Å². The summed E-state index contributed by atoms with van der Waals surface area (Å²) in [6, 6.07) is 3.43. The number of benzene rings is 1. The lowest BCUT2D eigenvalue weighted by Gasteiger charge is -2.12. The number of hydrogen-bond acceptors (Lipinski definition) is 4. The van der Waals surface area contributed by atoms with Crippen LogP contribution in [0.5, 0.6) is 5.75 Å². The lowest BCUT2D eigenvalue weighted by atomic mass is 9.99. The molecule has 1 aromatic rings. The first-order chi connectivity index (χ1) is 7.95. The number of alkyl halides is 1. The third-order valence-corrected chi connectivity index (χ3v) is 2.81. The Kier molecular flexibility index (Phi) is 5.11. The van der Waals surface area contributed by atoms with Crippen LogP contribution in [0.15, 0.2) is 12.1 Å². The molecule has 5 heteroatoms. The predicted molar refractivity (Wildman–Crippen MR) is 67.8 cm³/mol. The first-order valence-corrected chi connectivity index (χ1v) is 6.27. The summed E-state index contributed by atoms with van der Waals surface area (Å²) >= 11 is 3.14. The first-order valence-electron chi connectivity index (χ1n) is 5.15. The third-order valence-electron chi connectivity index (χ3n) is 2.31. The van der Waals surface area contributed by atoms with Gasteiger partial charge in [0.1, 0.15) is 12.4 Å². The van der Waals surface area contributed by atoms with Crippen LogP contribution in [0, 0.1) is 13.8 Å². The Morgan fingerprint density at radius 1 is 1.35 bits per heavy atom. The standard InChI is InChI=1S/C12H15BrO4/c1-7-3-9(17-6-11(15)16)4-8(2)12(7)10(14)5-13/h3-4,11,15-16H,5-6H2,1-2H3. The lowest BCUT2D eigenvalue weighted by molar-refractivity contribution is -0.0680. The van der Waals surface area contributed by atoms with E-state index in [0.29, 0.717) is 11.3 Å². The van der Waals surface area contributed by atoms with Crippen LogP contribution in [-0.4, -0.2) is 34.2 Å². The van der Waals surface area contributed by atoms with Crippen molar-refractivity contribution in [1.82, 2.24) is 0 Å². The van der Waals surface area contributed by atoms with Gasteiger partial charge in [0, 0.05) is 5.56 Å². The number of aliphatic hydroxyl groups is 2. The van der Waals surface area contributed by atoms with E-state index in [-0.39, 0.29) is 17.7 Å². The van der Waals surface area contributed by atoms with Gasteiger partial charge in [-0.2, -0.15) is 0 Å². The SMILES string of the molecule is Cc1cc(OCC(O)O)cc(C)c1C(=O)CBr. The van der Waals surface area contributed by atoms with E-state index in [4.69, 9.17) is 14.9 Å². The molecule has 0 saturated heterocycles. The zero-order chi connectivity index (χ0) is 13.0. The van der Waals surface area contributed by atoms with Crippen molar-refractivity contribution in [1.29, 1.82) is 0 Å². The Hall–Kier alpha value is -0.910. The van der Waals surface area contributed by atoms with E-state index >= 15 is 0 Å². The number of ether oxygens (including phenoxy) is 1. The Balaban J connectivity index is 2.97. The summed E-state index contributed by atoms with van der Waals surface area (Å²) < 4.78 is 5.17. The highest BCUT2D eigenvalue weighted by Crippen LogP contribution is 2.23. The molecule has 0 atom stereocenters. The molecule has 0 radical (unpaired) electrons. The molecule has 17 heavy (non-hydrogen) atoms. The molecule has 94 valence electrons. The Labute approximate surface area is 108 Å². The van der Waals surface area contributed by atoms with Gasteiger partial charge in [-0.3, -0.25) is 4.79 Å². The summed E-state index contributed by atoms with van der Waals surface area (Å²) in [5.74, 6) is 0.549. The largest absolute Gasteiger partial charge is 0.488 e. The van der Waals surface area contributed by atoms with Gasteiger partial charge in [0.15, 0.2) is 12.1 Å². The summed E-state index contributed by atoms with van der Waals surface area (Å²) in [4.78, 5) is 11.7. The van der Waals surface area contributed by atoms with Crippen molar-refractivity contribution in [3.8, 4) is 5.75 Å². The van der Waals surface area contributed by atoms with Gasteiger partial charge in [-0.15, -0.1) is 0 Å². The number of halogens is 1. The summed E-state index contributed by atoms with van der Waals surface area (Å²) in [7, 11) is 0. The Bertz CT molecular complexity index is 392. The molecule has 0 fully saturated rings. The molecule has 0 heterocycles. The fourth-order valence-electron chi connectivity index (χ4n) is 1.68. The second kappa shape index (κ2) is 6.14. The minimum Gasteiger partial charge on any atom is -0.488 e. The lowest BCUT2D eigenvalue weighted by Crippen LogP contribution is -2.16. The fraction of sp³-hybridized carbons (Fsp3) is 0.417. The van der Waals surface area contributed by atoms with E-state index in [1.54, 1.807) is 12.1 Å². The maximum Gasteiger partial charge on any atom is 0.186 e. The minimum atomic E-state index is -1.50. The molecular weight excluding hydrogens is 288 g/mol. The van der Waals surface area contributed by atoms with Crippen molar-refractivity contribution < 1.29 is 19.7 Å².